The summed E-state index contributed by atoms with van der Waals surface area (Å²) in [6, 6.07) is 8.19. The van der Waals surface area contributed by atoms with Crippen molar-refractivity contribution in [1.82, 2.24) is 19.5 Å². The van der Waals surface area contributed by atoms with Crippen molar-refractivity contribution < 1.29 is 4.74 Å². The number of nitrogens with zero attached hydrogens (tertiary/aromatic N) is 5. The highest BCUT2D eigenvalue weighted by Crippen LogP contribution is 2.37. The first-order chi connectivity index (χ1) is 16.5. The van der Waals surface area contributed by atoms with Gasteiger partial charge >= 0.3 is 0 Å². The Bertz CT molecular complexity index is 1360. The van der Waals surface area contributed by atoms with Gasteiger partial charge in [-0.15, -0.1) is 0 Å². The number of halogens is 2. The van der Waals surface area contributed by atoms with Crippen LogP contribution in [0.5, 0.6) is 5.75 Å². The highest BCUT2D eigenvalue weighted by molar-refractivity contribution is 7.59. The number of rotatable bonds is 6. The Hall–Kier alpha value is -2.52. The molecule has 2 N–H and O–H groups in total. The molecular weight excluding hydrogens is 503 g/mol. The number of nitrogens with two attached hydrogens (primary N) is 1. The molecule has 0 radical (unpaired) electrons. The van der Waals surface area contributed by atoms with Gasteiger partial charge in [0, 0.05) is 54.4 Å². The van der Waals surface area contributed by atoms with Crippen molar-refractivity contribution in [2.45, 2.75) is 39.3 Å². The number of benzene rings is 1. The second-order valence-electron chi connectivity index (χ2n) is 8.52. The minimum atomic E-state index is 0. The SMILES string of the molecule is Cc1cc(-n2ccnc2C)c2cccc(OCc3c(Cl)cnc(N4CCC[C@H]4CN)c3Cl)c2n1.S. The molecule has 35 heavy (non-hydrogen) atoms. The first-order valence-electron chi connectivity index (χ1n) is 11.3. The highest BCUT2D eigenvalue weighted by Gasteiger charge is 2.28. The maximum atomic E-state index is 6.80. The molecule has 1 fully saturated rings. The van der Waals surface area contributed by atoms with Gasteiger partial charge < -0.3 is 19.9 Å². The van der Waals surface area contributed by atoms with Crippen LogP contribution in [0.3, 0.4) is 0 Å². The molecule has 1 aliphatic rings. The van der Waals surface area contributed by atoms with Crippen molar-refractivity contribution in [2.75, 3.05) is 18.0 Å². The second-order valence-corrected chi connectivity index (χ2v) is 9.30. The van der Waals surface area contributed by atoms with Gasteiger partial charge in [0.05, 0.1) is 15.7 Å². The van der Waals surface area contributed by atoms with Gasteiger partial charge in [0.15, 0.2) is 0 Å². The van der Waals surface area contributed by atoms with E-state index in [0.29, 0.717) is 33.7 Å². The molecule has 184 valence electrons. The van der Waals surface area contributed by atoms with Crippen molar-refractivity contribution in [3.63, 3.8) is 0 Å². The normalized spacial score (nSPS) is 15.5. The molecule has 4 aromatic rings. The van der Waals surface area contributed by atoms with Gasteiger partial charge in [0.2, 0.25) is 0 Å². The minimum Gasteiger partial charge on any atom is -0.487 e. The number of pyridine rings is 2. The zero-order valence-electron chi connectivity index (χ0n) is 19.6. The van der Waals surface area contributed by atoms with Gasteiger partial charge in [-0.05, 0) is 38.8 Å². The monoisotopic (exact) mass is 530 g/mol. The average molecular weight is 532 g/mol. The third-order valence-corrected chi connectivity index (χ3v) is 7.06. The molecule has 1 aromatic carbocycles. The molecule has 7 nitrogen and oxygen atoms in total. The summed E-state index contributed by atoms with van der Waals surface area (Å²) in [5.74, 6) is 2.27. The van der Waals surface area contributed by atoms with Gasteiger partial charge in [-0.3, -0.25) is 0 Å². The van der Waals surface area contributed by atoms with Crippen LogP contribution in [0.15, 0.2) is 42.9 Å². The lowest BCUT2D eigenvalue weighted by molar-refractivity contribution is 0.309. The third kappa shape index (κ3) is 4.80. The average Bonchev–Trinajstić information content (AvgIpc) is 3.47. The molecule has 0 bridgehead atoms. The summed E-state index contributed by atoms with van der Waals surface area (Å²) in [5.41, 5.74) is 9.32. The number of hydrogen-bond donors (Lipinski definition) is 1. The van der Waals surface area contributed by atoms with Crippen molar-refractivity contribution >= 4 is 53.4 Å². The van der Waals surface area contributed by atoms with E-state index in [1.807, 2.05) is 48.9 Å². The number of hydrogen-bond acceptors (Lipinski definition) is 6. The largest absolute Gasteiger partial charge is 0.487 e. The summed E-state index contributed by atoms with van der Waals surface area (Å²) in [4.78, 5) is 15.8. The van der Waals surface area contributed by atoms with Crippen molar-refractivity contribution in [2.24, 2.45) is 5.73 Å². The van der Waals surface area contributed by atoms with Crippen LogP contribution in [0.1, 0.15) is 29.9 Å². The number of anilines is 1. The van der Waals surface area contributed by atoms with Crippen LogP contribution in [0, 0.1) is 13.8 Å². The smallest absolute Gasteiger partial charge is 0.148 e. The molecule has 5 rings (SSSR count). The first-order valence-corrected chi connectivity index (χ1v) is 12.1. The fraction of sp³-hybridized carbons (Fsp3) is 0.320. The minimum absolute atomic E-state index is 0. The lowest BCUT2D eigenvalue weighted by atomic mass is 10.1. The predicted molar refractivity (Wildman–Crippen MR) is 147 cm³/mol. The van der Waals surface area contributed by atoms with Gasteiger partial charge in [-0.2, -0.15) is 13.5 Å². The van der Waals surface area contributed by atoms with Gasteiger partial charge in [0.1, 0.15) is 29.5 Å². The molecule has 0 spiro atoms. The van der Waals surface area contributed by atoms with Crippen LogP contribution < -0.4 is 15.4 Å². The number of imidazole rings is 1. The molecule has 10 heteroatoms. The highest BCUT2D eigenvalue weighted by atomic mass is 35.5. The quantitative estimate of drug-likeness (QED) is 0.361. The fourth-order valence-corrected chi connectivity index (χ4v) is 5.17. The van der Waals surface area contributed by atoms with Crippen LogP contribution in [-0.2, 0) is 6.61 Å². The van der Waals surface area contributed by atoms with Crippen molar-refractivity contribution in [1.29, 1.82) is 0 Å². The van der Waals surface area contributed by atoms with E-state index in [-0.39, 0.29) is 26.1 Å². The first kappa shape index (κ1) is 25.6. The van der Waals surface area contributed by atoms with Crippen molar-refractivity contribution in [3.8, 4) is 11.4 Å². The van der Waals surface area contributed by atoms with E-state index < -0.39 is 0 Å². The van der Waals surface area contributed by atoms with Crippen molar-refractivity contribution in [3.05, 3.63) is 70.0 Å². The molecule has 3 aromatic heterocycles. The van der Waals surface area contributed by atoms with Gasteiger partial charge in [0.25, 0.3) is 0 Å². The molecular formula is C25H28Cl2N6OS. The molecule has 1 aliphatic heterocycles. The van der Waals surface area contributed by atoms with E-state index in [1.165, 1.54) is 0 Å². The lowest BCUT2D eigenvalue weighted by Crippen LogP contribution is -2.36. The Morgan fingerprint density at radius 2 is 2.03 bits per heavy atom. The van der Waals surface area contributed by atoms with E-state index >= 15 is 0 Å². The second kappa shape index (κ2) is 10.6. The molecule has 1 saturated heterocycles. The Morgan fingerprint density at radius 1 is 1.20 bits per heavy atom. The van der Waals surface area contributed by atoms with E-state index in [1.54, 1.807) is 12.4 Å². The van der Waals surface area contributed by atoms with E-state index in [2.05, 4.69) is 14.9 Å². The lowest BCUT2D eigenvalue weighted by Gasteiger charge is -2.26. The molecule has 0 aliphatic carbocycles. The molecule has 0 amide bonds. The molecule has 0 unspecified atom stereocenters. The van der Waals surface area contributed by atoms with Crippen LogP contribution in [0.25, 0.3) is 16.6 Å². The number of aryl methyl sites for hydroxylation is 2. The summed E-state index contributed by atoms with van der Waals surface area (Å²) in [6.45, 7) is 5.58. The standard InChI is InChI=1S/C25H26Cl2N6O.H2S/c1-15-11-21(32-10-8-29-16(32)2)18-6-3-7-22(24(18)31-15)34-14-19-20(26)13-30-25(23(19)27)33-9-4-5-17(33)12-28;/h3,6-8,10-11,13,17H,4-5,9,12,14,28H2,1-2H3;1H2/t17-;/m0./s1. The zero-order valence-corrected chi connectivity index (χ0v) is 22.1. The Kier molecular flexibility index (Phi) is 7.76. The number of aromatic nitrogens is 4. The fourth-order valence-electron chi connectivity index (χ4n) is 4.61. The topological polar surface area (TPSA) is 82.1 Å². The van der Waals surface area contributed by atoms with Crippen LogP contribution in [0.2, 0.25) is 10.0 Å². The zero-order chi connectivity index (χ0) is 23.8. The maximum Gasteiger partial charge on any atom is 0.148 e. The predicted octanol–water partition coefficient (Wildman–Crippen LogP) is 5.36. The summed E-state index contributed by atoms with van der Waals surface area (Å²) in [7, 11) is 0. The maximum absolute atomic E-state index is 6.80. The number of ether oxygens (including phenoxy) is 1. The molecule has 1 atom stereocenters. The van der Waals surface area contributed by atoms with Crippen LogP contribution in [-0.4, -0.2) is 38.7 Å². The van der Waals surface area contributed by atoms with Crippen LogP contribution >= 0.6 is 36.7 Å². The number of para-hydroxylation sites is 1. The van der Waals surface area contributed by atoms with Gasteiger partial charge in [-0.1, -0.05) is 35.3 Å². The third-order valence-electron chi connectivity index (χ3n) is 6.34. The summed E-state index contributed by atoms with van der Waals surface area (Å²) in [6.07, 6.45) is 7.47. The van der Waals surface area contributed by atoms with E-state index in [4.69, 9.17) is 38.7 Å². The summed E-state index contributed by atoms with van der Waals surface area (Å²) < 4.78 is 8.32. The van der Waals surface area contributed by atoms with Crippen LogP contribution in [0.4, 0.5) is 5.82 Å². The molecule has 0 saturated carbocycles. The van der Waals surface area contributed by atoms with E-state index in [9.17, 15) is 0 Å². The number of fused-ring (bicyclic) bond motifs is 1. The Balaban J connectivity index is 0.00000289. The Morgan fingerprint density at radius 3 is 2.77 bits per heavy atom. The van der Waals surface area contributed by atoms with Gasteiger partial charge in [-0.25, -0.2) is 15.0 Å². The Labute approximate surface area is 221 Å². The van der Waals surface area contributed by atoms with E-state index in [0.717, 1.165) is 47.5 Å². The molecule has 4 heterocycles. The summed E-state index contributed by atoms with van der Waals surface area (Å²) in [5, 5.41) is 1.95. The summed E-state index contributed by atoms with van der Waals surface area (Å²) >= 11 is 13.3.